The smallest absolute Gasteiger partial charge is 0.271 e. The van der Waals surface area contributed by atoms with Gasteiger partial charge in [0.15, 0.2) is 5.13 Å². The number of aryl methyl sites for hydroxylation is 2. The van der Waals surface area contributed by atoms with Crippen LogP contribution in [-0.2, 0) is 6.42 Å². The van der Waals surface area contributed by atoms with Crippen LogP contribution >= 0.6 is 11.3 Å². The third-order valence-electron chi connectivity index (χ3n) is 4.34. The van der Waals surface area contributed by atoms with Crippen molar-refractivity contribution >= 4 is 28.3 Å². The molecule has 0 saturated heterocycles. The molecule has 0 fully saturated rings. The van der Waals surface area contributed by atoms with Gasteiger partial charge in [0.05, 0.1) is 11.3 Å². The summed E-state index contributed by atoms with van der Waals surface area (Å²) < 4.78 is 13.7. The molecular weight excluding hydrogens is 391 g/mol. The predicted octanol–water partition coefficient (Wildman–Crippen LogP) is 3.84. The van der Waals surface area contributed by atoms with Gasteiger partial charge in [-0.1, -0.05) is 12.1 Å². The lowest BCUT2D eigenvalue weighted by molar-refractivity contribution is 0.0821. The highest BCUT2D eigenvalue weighted by Crippen LogP contribution is 2.23. The average Bonchev–Trinajstić information content (AvgIpc) is 3.10. The molecule has 0 unspecified atom stereocenters. The van der Waals surface area contributed by atoms with Crippen LogP contribution in [0.1, 0.15) is 42.5 Å². The minimum Gasteiger partial charge on any atom is -0.343 e. The van der Waals surface area contributed by atoms with Crippen molar-refractivity contribution < 1.29 is 14.0 Å². The molecule has 0 radical (unpaired) electrons. The van der Waals surface area contributed by atoms with Crippen LogP contribution in [0.4, 0.5) is 9.52 Å². The summed E-state index contributed by atoms with van der Waals surface area (Å²) in [6, 6.07) is 8.25. The molecule has 0 atom stereocenters. The molecule has 150 valence electrons. The van der Waals surface area contributed by atoms with E-state index in [9.17, 15) is 14.0 Å². The zero-order valence-corrected chi connectivity index (χ0v) is 17.4. The van der Waals surface area contributed by atoms with Gasteiger partial charge in [0.2, 0.25) is 0 Å². The molecule has 2 heterocycles. The van der Waals surface area contributed by atoms with Crippen LogP contribution in [-0.4, -0.2) is 40.8 Å². The largest absolute Gasteiger partial charge is 0.343 e. The Balaban J connectivity index is 1.70. The molecule has 6 nitrogen and oxygen atoms in total. The van der Waals surface area contributed by atoms with Gasteiger partial charge in [-0.25, -0.2) is 14.4 Å². The first kappa shape index (κ1) is 20.6. The second-order valence-electron chi connectivity index (χ2n) is 6.88. The van der Waals surface area contributed by atoms with Gasteiger partial charge >= 0.3 is 0 Å². The Morgan fingerprint density at radius 1 is 1.17 bits per heavy atom. The highest BCUT2D eigenvalue weighted by atomic mass is 32.1. The van der Waals surface area contributed by atoms with Crippen LogP contribution in [0.3, 0.4) is 0 Å². The number of amides is 2. The number of thiazole rings is 1. The fourth-order valence-corrected chi connectivity index (χ4v) is 3.55. The minimum atomic E-state index is -0.346. The van der Waals surface area contributed by atoms with Gasteiger partial charge in [0.25, 0.3) is 11.8 Å². The van der Waals surface area contributed by atoms with Crippen LogP contribution in [0.2, 0.25) is 0 Å². The Morgan fingerprint density at radius 2 is 1.93 bits per heavy atom. The highest BCUT2D eigenvalue weighted by Gasteiger charge is 2.16. The van der Waals surface area contributed by atoms with Crippen LogP contribution < -0.4 is 5.32 Å². The van der Waals surface area contributed by atoms with Crippen LogP contribution in [0, 0.1) is 19.7 Å². The monoisotopic (exact) mass is 412 g/mol. The van der Waals surface area contributed by atoms with E-state index in [0.29, 0.717) is 28.4 Å². The molecular formula is C21H21FN4O2S. The summed E-state index contributed by atoms with van der Waals surface area (Å²) in [6.45, 7) is 3.40. The normalized spacial score (nSPS) is 10.7. The Hall–Kier alpha value is -3.13. The first-order valence-electron chi connectivity index (χ1n) is 8.95. The summed E-state index contributed by atoms with van der Waals surface area (Å²) >= 11 is 1.33. The number of nitrogens with one attached hydrogen (secondary N) is 1. The second kappa shape index (κ2) is 8.48. The zero-order chi connectivity index (χ0) is 21.1. The Kier molecular flexibility index (Phi) is 6.03. The quantitative estimate of drug-likeness (QED) is 0.691. The number of nitrogens with zero attached hydrogens (tertiary/aromatic N) is 3. The first-order valence-corrected chi connectivity index (χ1v) is 9.76. The van der Waals surface area contributed by atoms with Crippen LogP contribution in [0.15, 0.2) is 36.5 Å². The van der Waals surface area contributed by atoms with Gasteiger partial charge in [-0.15, -0.1) is 11.3 Å². The number of rotatable bonds is 5. The number of hydrogen-bond donors (Lipinski definition) is 1. The van der Waals surface area contributed by atoms with E-state index >= 15 is 0 Å². The summed E-state index contributed by atoms with van der Waals surface area (Å²) in [4.78, 5) is 35.4. The molecule has 1 aromatic carbocycles. The van der Waals surface area contributed by atoms with Crippen LogP contribution in [0.5, 0.6) is 0 Å². The van der Waals surface area contributed by atoms with Crippen molar-refractivity contribution in [2.75, 3.05) is 19.4 Å². The van der Waals surface area contributed by atoms with E-state index in [0.717, 1.165) is 10.4 Å². The van der Waals surface area contributed by atoms with Crippen molar-refractivity contribution in [2.45, 2.75) is 20.3 Å². The summed E-state index contributed by atoms with van der Waals surface area (Å²) in [5.74, 6) is -0.807. The van der Waals surface area contributed by atoms with E-state index in [1.165, 1.54) is 28.4 Å². The topological polar surface area (TPSA) is 75.2 Å². The third kappa shape index (κ3) is 4.83. The molecule has 8 heteroatoms. The predicted molar refractivity (Wildman–Crippen MR) is 111 cm³/mol. The molecule has 3 rings (SSSR count). The Morgan fingerprint density at radius 3 is 2.59 bits per heavy atom. The fraction of sp³-hybridized carbons (Fsp3) is 0.238. The lowest BCUT2D eigenvalue weighted by atomic mass is 10.1. The average molecular weight is 412 g/mol. The van der Waals surface area contributed by atoms with E-state index in [-0.39, 0.29) is 23.3 Å². The molecule has 0 aliphatic heterocycles. The maximum absolute atomic E-state index is 13.7. The number of halogens is 1. The zero-order valence-electron chi connectivity index (χ0n) is 16.6. The van der Waals surface area contributed by atoms with E-state index < -0.39 is 0 Å². The van der Waals surface area contributed by atoms with Crippen molar-refractivity contribution in [3.8, 4) is 0 Å². The third-order valence-corrected chi connectivity index (χ3v) is 5.26. The molecule has 1 N–H and O–H groups in total. The number of aromatic nitrogens is 2. The van der Waals surface area contributed by atoms with Crippen molar-refractivity contribution in [1.29, 1.82) is 0 Å². The van der Waals surface area contributed by atoms with Crippen molar-refractivity contribution in [1.82, 2.24) is 14.9 Å². The lowest BCUT2D eigenvalue weighted by Crippen LogP contribution is -2.23. The minimum absolute atomic E-state index is 0.225. The molecule has 3 aromatic rings. The number of benzene rings is 1. The van der Waals surface area contributed by atoms with E-state index in [1.807, 2.05) is 6.07 Å². The maximum atomic E-state index is 13.7. The maximum Gasteiger partial charge on any atom is 0.271 e. The molecule has 0 saturated carbocycles. The molecule has 2 aromatic heterocycles. The number of pyridine rings is 1. The number of carbonyl (C=O) groups excluding carboxylic acids is 2. The van der Waals surface area contributed by atoms with Gasteiger partial charge in [0.1, 0.15) is 11.5 Å². The summed E-state index contributed by atoms with van der Waals surface area (Å²) in [5, 5.41) is 3.21. The molecule has 0 aliphatic rings. The van der Waals surface area contributed by atoms with Gasteiger partial charge in [-0.05, 0) is 43.2 Å². The molecule has 2 amide bonds. The standard InChI is InChI=1S/C21H21FN4O2S/c1-12-5-6-14(10-17(12)22)9-15-11-23-21(29-15)25-19(27)16-7-8-18(24-13(16)2)20(28)26(3)4/h5-8,10-11H,9H2,1-4H3,(H,23,25,27). The molecule has 0 aliphatic carbocycles. The van der Waals surface area contributed by atoms with E-state index in [1.54, 1.807) is 46.3 Å². The van der Waals surface area contributed by atoms with Crippen molar-refractivity contribution in [2.24, 2.45) is 0 Å². The molecule has 0 bridgehead atoms. The molecule has 0 spiro atoms. The van der Waals surface area contributed by atoms with E-state index in [4.69, 9.17) is 0 Å². The Labute approximate surface area is 172 Å². The Bertz CT molecular complexity index is 1080. The van der Waals surface area contributed by atoms with Gasteiger partial charge in [0, 0.05) is 31.6 Å². The first-order chi connectivity index (χ1) is 13.7. The van der Waals surface area contributed by atoms with Gasteiger partial charge in [-0.2, -0.15) is 0 Å². The highest BCUT2D eigenvalue weighted by molar-refractivity contribution is 7.15. The molecule has 29 heavy (non-hydrogen) atoms. The lowest BCUT2D eigenvalue weighted by Gasteiger charge is -2.11. The van der Waals surface area contributed by atoms with Crippen molar-refractivity contribution in [3.05, 3.63) is 75.3 Å². The number of hydrogen-bond acceptors (Lipinski definition) is 5. The SMILES string of the molecule is Cc1ccc(Cc2cnc(NC(=O)c3ccc(C(=O)N(C)C)nc3C)s2)cc1F. The summed E-state index contributed by atoms with van der Waals surface area (Å²) in [6.07, 6.45) is 2.20. The van der Waals surface area contributed by atoms with E-state index in [2.05, 4.69) is 15.3 Å². The van der Waals surface area contributed by atoms with Gasteiger partial charge in [-0.3, -0.25) is 14.9 Å². The van der Waals surface area contributed by atoms with Crippen LogP contribution in [0.25, 0.3) is 0 Å². The second-order valence-corrected chi connectivity index (χ2v) is 7.99. The van der Waals surface area contributed by atoms with Gasteiger partial charge < -0.3 is 4.90 Å². The fourth-order valence-electron chi connectivity index (χ4n) is 2.71. The number of carbonyl (C=O) groups is 2. The summed E-state index contributed by atoms with van der Waals surface area (Å²) in [7, 11) is 3.29. The van der Waals surface area contributed by atoms with Crippen molar-refractivity contribution in [3.63, 3.8) is 0 Å². The number of anilines is 1. The summed E-state index contributed by atoms with van der Waals surface area (Å²) in [5.41, 5.74) is 2.56.